The fourth-order valence-electron chi connectivity index (χ4n) is 2.09. The van der Waals surface area contributed by atoms with E-state index in [1.54, 1.807) is 0 Å². The van der Waals surface area contributed by atoms with Gasteiger partial charge < -0.3 is 5.32 Å². The summed E-state index contributed by atoms with van der Waals surface area (Å²) in [5.74, 6) is 0.0523. The van der Waals surface area contributed by atoms with Gasteiger partial charge in [-0.15, -0.1) is 0 Å². The van der Waals surface area contributed by atoms with E-state index >= 15 is 0 Å². The van der Waals surface area contributed by atoms with Crippen molar-refractivity contribution in [2.75, 3.05) is 13.1 Å². The van der Waals surface area contributed by atoms with Crippen molar-refractivity contribution in [1.29, 1.82) is 0 Å². The summed E-state index contributed by atoms with van der Waals surface area (Å²) in [5.41, 5.74) is 2.12. The number of benzene rings is 1. The van der Waals surface area contributed by atoms with E-state index in [0.29, 0.717) is 0 Å². The molecule has 2 rings (SSSR count). The van der Waals surface area contributed by atoms with Crippen molar-refractivity contribution in [3.63, 3.8) is 0 Å². The second-order valence-electron chi connectivity index (χ2n) is 4.12. The molecule has 0 aromatic heterocycles. The minimum absolute atomic E-state index is 0.124. The Morgan fingerprint density at radius 1 is 1.44 bits per heavy atom. The van der Waals surface area contributed by atoms with E-state index in [4.69, 9.17) is 0 Å². The van der Waals surface area contributed by atoms with Crippen LogP contribution in [0.25, 0.3) is 0 Å². The molecule has 0 fully saturated rings. The molecule has 1 aromatic rings. The van der Waals surface area contributed by atoms with Crippen LogP contribution in [0.3, 0.4) is 0 Å². The molecule has 1 aromatic carbocycles. The highest BCUT2D eigenvalue weighted by atomic mass is 79.9. The number of hydrogen-bond donors (Lipinski definition) is 1. The summed E-state index contributed by atoms with van der Waals surface area (Å²) in [4.78, 5) is 0. The Kier molecular flexibility index (Phi) is 3.77. The van der Waals surface area contributed by atoms with Crippen LogP contribution in [0.5, 0.6) is 0 Å². The molecule has 1 nitrogen and oxygen atoms in total. The standard InChI is InChI=1S/C13H15BrFN/c1-9(10-4-6-16-7-5-10)12-3-2-11(14)8-13(12)15/h2-4,8-9,16H,5-7H2,1H3. The van der Waals surface area contributed by atoms with E-state index in [-0.39, 0.29) is 11.7 Å². The molecule has 0 radical (unpaired) electrons. The van der Waals surface area contributed by atoms with E-state index < -0.39 is 0 Å². The average Bonchev–Trinajstić information content (AvgIpc) is 2.29. The lowest BCUT2D eigenvalue weighted by atomic mass is 9.89. The van der Waals surface area contributed by atoms with Crippen LogP contribution in [0.2, 0.25) is 0 Å². The van der Waals surface area contributed by atoms with Crippen LogP contribution >= 0.6 is 15.9 Å². The predicted octanol–water partition coefficient (Wildman–Crippen LogP) is 3.61. The summed E-state index contributed by atoms with van der Waals surface area (Å²) < 4.78 is 14.6. The maximum absolute atomic E-state index is 13.8. The van der Waals surface area contributed by atoms with Gasteiger partial charge in [0.25, 0.3) is 0 Å². The van der Waals surface area contributed by atoms with Gasteiger partial charge in [0.15, 0.2) is 0 Å². The van der Waals surface area contributed by atoms with Gasteiger partial charge in [0.05, 0.1) is 0 Å². The van der Waals surface area contributed by atoms with Crippen molar-refractivity contribution < 1.29 is 4.39 Å². The number of halogens is 2. The maximum atomic E-state index is 13.8. The zero-order valence-electron chi connectivity index (χ0n) is 9.26. The molecule has 16 heavy (non-hydrogen) atoms. The molecule has 0 saturated heterocycles. The first-order valence-electron chi connectivity index (χ1n) is 5.53. The first kappa shape index (κ1) is 11.8. The van der Waals surface area contributed by atoms with Crippen LogP contribution in [0.1, 0.15) is 24.8 Å². The molecule has 1 aliphatic heterocycles. The van der Waals surface area contributed by atoms with E-state index in [1.165, 1.54) is 11.6 Å². The Balaban J connectivity index is 2.26. The smallest absolute Gasteiger partial charge is 0.128 e. The van der Waals surface area contributed by atoms with Gasteiger partial charge in [-0.1, -0.05) is 40.6 Å². The van der Waals surface area contributed by atoms with Crippen LogP contribution in [-0.4, -0.2) is 13.1 Å². The molecule has 1 unspecified atom stereocenters. The van der Waals surface area contributed by atoms with E-state index in [1.807, 2.05) is 12.1 Å². The highest BCUT2D eigenvalue weighted by Gasteiger charge is 2.16. The average molecular weight is 284 g/mol. The van der Waals surface area contributed by atoms with Gasteiger partial charge in [-0.3, -0.25) is 0 Å². The first-order chi connectivity index (χ1) is 7.68. The summed E-state index contributed by atoms with van der Waals surface area (Å²) in [7, 11) is 0. The van der Waals surface area contributed by atoms with Crippen molar-refractivity contribution in [3.8, 4) is 0 Å². The van der Waals surface area contributed by atoms with E-state index in [0.717, 1.165) is 29.5 Å². The third kappa shape index (κ3) is 2.53. The molecule has 1 heterocycles. The second-order valence-corrected chi connectivity index (χ2v) is 5.04. The third-order valence-electron chi connectivity index (χ3n) is 3.08. The van der Waals surface area contributed by atoms with Crippen LogP contribution in [0.4, 0.5) is 4.39 Å². The molecule has 0 bridgehead atoms. The van der Waals surface area contributed by atoms with Gasteiger partial charge in [-0.05, 0) is 30.7 Å². The van der Waals surface area contributed by atoms with Crippen molar-refractivity contribution >= 4 is 15.9 Å². The summed E-state index contributed by atoms with van der Waals surface area (Å²) in [5, 5.41) is 3.27. The van der Waals surface area contributed by atoms with Crippen molar-refractivity contribution in [2.24, 2.45) is 0 Å². The van der Waals surface area contributed by atoms with Crippen molar-refractivity contribution in [2.45, 2.75) is 19.3 Å². The van der Waals surface area contributed by atoms with Gasteiger partial charge in [-0.2, -0.15) is 0 Å². The minimum Gasteiger partial charge on any atom is -0.313 e. The first-order valence-corrected chi connectivity index (χ1v) is 6.32. The molecular formula is C13H15BrFN. The van der Waals surface area contributed by atoms with Gasteiger partial charge in [0.1, 0.15) is 5.82 Å². The van der Waals surface area contributed by atoms with Crippen LogP contribution in [0.15, 0.2) is 34.3 Å². The molecule has 1 N–H and O–H groups in total. The summed E-state index contributed by atoms with van der Waals surface area (Å²) in [6.45, 7) is 3.97. The molecule has 3 heteroatoms. The van der Waals surface area contributed by atoms with E-state index in [2.05, 4.69) is 34.2 Å². The molecule has 0 aliphatic carbocycles. The van der Waals surface area contributed by atoms with E-state index in [9.17, 15) is 4.39 Å². The molecule has 1 aliphatic rings. The summed E-state index contributed by atoms with van der Waals surface area (Å²) in [6.07, 6.45) is 3.19. The normalized spacial score (nSPS) is 18.1. The molecular weight excluding hydrogens is 269 g/mol. The second kappa shape index (κ2) is 5.11. The number of hydrogen-bond acceptors (Lipinski definition) is 1. The van der Waals surface area contributed by atoms with Crippen molar-refractivity contribution in [1.82, 2.24) is 5.32 Å². The fourth-order valence-corrected chi connectivity index (χ4v) is 2.42. The Labute approximate surface area is 104 Å². The zero-order valence-corrected chi connectivity index (χ0v) is 10.8. The monoisotopic (exact) mass is 283 g/mol. The minimum atomic E-state index is -0.124. The fraction of sp³-hybridized carbons (Fsp3) is 0.385. The Hall–Kier alpha value is -0.670. The molecule has 0 saturated carbocycles. The van der Waals surface area contributed by atoms with Gasteiger partial charge in [-0.25, -0.2) is 4.39 Å². The third-order valence-corrected chi connectivity index (χ3v) is 3.58. The predicted molar refractivity (Wildman–Crippen MR) is 68.1 cm³/mol. The highest BCUT2D eigenvalue weighted by Crippen LogP contribution is 2.30. The molecule has 0 spiro atoms. The lowest BCUT2D eigenvalue weighted by Gasteiger charge is -2.21. The Morgan fingerprint density at radius 2 is 2.25 bits per heavy atom. The van der Waals surface area contributed by atoms with Crippen molar-refractivity contribution in [3.05, 3.63) is 45.7 Å². The van der Waals surface area contributed by atoms with Crippen LogP contribution in [0, 0.1) is 5.82 Å². The van der Waals surface area contributed by atoms with Crippen LogP contribution < -0.4 is 5.32 Å². The lowest BCUT2D eigenvalue weighted by molar-refractivity contribution is 0.589. The number of rotatable bonds is 2. The summed E-state index contributed by atoms with van der Waals surface area (Å²) in [6, 6.07) is 5.30. The molecule has 1 atom stereocenters. The Bertz CT molecular complexity index is 414. The van der Waals surface area contributed by atoms with Gasteiger partial charge >= 0.3 is 0 Å². The topological polar surface area (TPSA) is 12.0 Å². The highest BCUT2D eigenvalue weighted by molar-refractivity contribution is 9.10. The summed E-state index contributed by atoms with van der Waals surface area (Å²) >= 11 is 3.28. The largest absolute Gasteiger partial charge is 0.313 e. The number of nitrogens with one attached hydrogen (secondary N) is 1. The van der Waals surface area contributed by atoms with Gasteiger partial charge in [0, 0.05) is 16.9 Å². The Morgan fingerprint density at radius 3 is 2.88 bits per heavy atom. The van der Waals surface area contributed by atoms with Gasteiger partial charge in [0.2, 0.25) is 0 Å². The quantitative estimate of drug-likeness (QED) is 0.818. The molecule has 86 valence electrons. The maximum Gasteiger partial charge on any atom is 0.128 e. The van der Waals surface area contributed by atoms with Crippen LogP contribution in [-0.2, 0) is 0 Å². The zero-order chi connectivity index (χ0) is 11.5. The SMILES string of the molecule is CC(C1=CCNCC1)c1ccc(Br)cc1F. The molecule has 0 amide bonds. The lowest BCUT2D eigenvalue weighted by Crippen LogP contribution is -2.22.